The van der Waals surface area contributed by atoms with Gasteiger partial charge in [0.15, 0.2) is 23.0 Å². The van der Waals surface area contributed by atoms with E-state index in [-0.39, 0.29) is 35.6 Å². The first-order chi connectivity index (χ1) is 24.9. The number of aryl methyl sites for hydroxylation is 1. The number of imide groups is 1. The number of carbonyl (C=O) groups is 3. The van der Waals surface area contributed by atoms with E-state index in [1.807, 2.05) is 31.9 Å². The average molecular weight is 755 g/mol. The summed E-state index contributed by atoms with van der Waals surface area (Å²) in [6.45, 7) is 6.51. The molecule has 1 aromatic heterocycles. The summed E-state index contributed by atoms with van der Waals surface area (Å²) in [4.78, 5) is 46.8. The van der Waals surface area contributed by atoms with Crippen LogP contribution < -0.4 is 24.3 Å². The largest absolute Gasteiger partial charge is 0.504 e. The van der Waals surface area contributed by atoms with E-state index in [9.17, 15) is 24.6 Å². The number of halogens is 1. The number of aliphatic hydroxyl groups is 1. The topological polar surface area (TPSA) is 169 Å². The highest BCUT2D eigenvalue weighted by Gasteiger charge is 2.60. The first-order valence-electron chi connectivity index (χ1n) is 16.8. The molecule has 1 saturated heterocycles. The minimum Gasteiger partial charge on any atom is -0.504 e. The normalized spacial score (nSPS) is 24.3. The van der Waals surface area contributed by atoms with Gasteiger partial charge in [-0.15, -0.1) is 0 Å². The number of ether oxygens (including phenoxy) is 5. The quantitative estimate of drug-likeness (QED) is 0.172. The molecule has 276 valence electrons. The smallest absolute Gasteiger partial charge is 0.414 e. The second-order valence-corrected chi connectivity index (χ2v) is 14.9. The maximum atomic E-state index is 13.3. The Morgan fingerprint density at radius 3 is 2.60 bits per heavy atom. The highest BCUT2D eigenvalue weighted by molar-refractivity contribution is 7.99. The van der Waals surface area contributed by atoms with E-state index in [4.69, 9.17) is 35.3 Å². The molecule has 6 atom stereocenters. The summed E-state index contributed by atoms with van der Waals surface area (Å²) in [7, 11) is 3.43. The molecule has 2 bridgehead atoms. The number of aliphatic hydroxyl groups excluding tert-OH is 1. The molecule has 0 spiro atoms. The van der Waals surface area contributed by atoms with Gasteiger partial charge in [0.1, 0.15) is 23.7 Å². The number of phenols is 1. The lowest BCUT2D eigenvalue weighted by Crippen LogP contribution is -2.69. The molecule has 5 heterocycles. The molecule has 0 saturated carbocycles. The number of rotatable bonds is 7. The number of esters is 1. The molecule has 2 aromatic carbocycles. The molecule has 7 rings (SSSR count). The summed E-state index contributed by atoms with van der Waals surface area (Å²) in [5.74, 6) is 0.689. The van der Waals surface area contributed by atoms with Gasteiger partial charge in [-0.2, -0.15) is 11.8 Å². The Hall–Kier alpha value is -4.28. The van der Waals surface area contributed by atoms with Crippen LogP contribution >= 0.6 is 23.4 Å². The fourth-order valence-corrected chi connectivity index (χ4v) is 9.78. The Morgan fingerprint density at radius 2 is 1.90 bits per heavy atom. The highest BCUT2D eigenvalue weighted by atomic mass is 35.5. The van der Waals surface area contributed by atoms with Gasteiger partial charge in [-0.05, 0) is 56.3 Å². The number of fused-ring (bicyclic) bond motifs is 9. The van der Waals surface area contributed by atoms with E-state index in [1.165, 1.54) is 32.4 Å². The SMILES string of the molecule is CCS[C@@H]1c2c(OC(C)=O)c(C)c3c(c2[C@H](COC(=O)NC(=O)c2cccnc2Cl)N2[C@@H]1[C@H]1c4c(cc(C)c(OC)c4O)C[C@@H]([C@@H]2O)N1C)OCO3. The number of nitrogens with one attached hydrogen (secondary N) is 1. The van der Waals surface area contributed by atoms with Crippen molar-refractivity contribution in [2.75, 3.05) is 33.3 Å². The van der Waals surface area contributed by atoms with Crippen molar-refractivity contribution >= 4 is 41.3 Å². The van der Waals surface area contributed by atoms with Crippen LogP contribution in [0.4, 0.5) is 4.79 Å². The maximum Gasteiger partial charge on any atom is 0.414 e. The van der Waals surface area contributed by atoms with Crippen molar-refractivity contribution in [1.82, 2.24) is 20.1 Å². The van der Waals surface area contributed by atoms with E-state index in [0.717, 1.165) is 11.1 Å². The van der Waals surface area contributed by atoms with Gasteiger partial charge >= 0.3 is 12.1 Å². The van der Waals surface area contributed by atoms with E-state index in [0.29, 0.717) is 51.7 Å². The number of nitrogens with zero attached hydrogens (tertiary/aromatic N) is 3. The molecular weight excluding hydrogens is 716 g/mol. The lowest BCUT2D eigenvalue weighted by atomic mass is 9.73. The molecule has 14 nitrogen and oxygen atoms in total. The maximum absolute atomic E-state index is 13.3. The van der Waals surface area contributed by atoms with Crippen molar-refractivity contribution in [3.63, 3.8) is 0 Å². The van der Waals surface area contributed by atoms with Crippen LogP contribution in [0.1, 0.15) is 74.9 Å². The van der Waals surface area contributed by atoms with Crippen LogP contribution in [0.3, 0.4) is 0 Å². The van der Waals surface area contributed by atoms with Crippen molar-refractivity contribution in [3.05, 3.63) is 68.5 Å². The fourth-order valence-electron chi connectivity index (χ4n) is 8.33. The Balaban J connectivity index is 1.41. The third-order valence-electron chi connectivity index (χ3n) is 10.3. The minimum atomic E-state index is -1.11. The van der Waals surface area contributed by atoms with Gasteiger partial charge < -0.3 is 33.9 Å². The van der Waals surface area contributed by atoms with Gasteiger partial charge in [0, 0.05) is 41.4 Å². The lowest BCUT2D eigenvalue weighted by molar-refractivity contribution is -0.178. The van der Waals surface area contributed by atoms with Gasteiger partial charge in [0.2, 0.25) is 6.79 Å². The van der Waals surface area contributed by atoms with Gasteiger partial charge in [-0.25, -0.2) is 9.78 Å². The zero-order chi connectivity index (χ0) is 37.2. The van der Waals surface area contributed by atoms with Gasteiger partial charge in [0.05, 0.1) is 36.0 Å². The Kier molecular flexibility index (Phi) is 9.67. The predicted molar refractivity (Wildman–Crippen MR) is 189 cm³/mol. The first-order valence-corrected chi connectivity index (χ1v) is 18.2. The number of piperazine rings is 1. The molecule has 3 N–H and O–H groups in total. The predicted octanol–water partition coefficient (Wildman–Crippen LogP) is 4.74. The second kappa shape index (κ2) is 13.9. The molecule has 16 heteroatoms. The second-order valence-electron chi connectivity index (χ2n) is 13.1. The van der Waals surface area contributed by atoms with Crippen LogP contribution in [0.25, 0.3) is 0 Å². The van der Waals surface area contributed by atoms with Crippen LogP contribution in [0.2, 0.25) is 5.15 Å². The van der Waals surface area contributed by atoms with E-state index in [1.54, 1.807) is 18.7 Å². The minimum absolute atomic E-state index is 0.0111. The number of hydrogen-bond donors (Lipinski definition) is 3. The Labute approximate surface area is 309 Å². The van der Waals surface area contributed by atoms with Gasteiger partial charge in [-0.3, -0.25) is 24.7 Å². The number of likely N-dealkylation sites (N-methyl/N-ethyl adjacent to an activating group) is 1. The van der Waals surface area contributed by atoms with Gasteiger partial charge in [0.25, 0.3) is 5.91 Å². The molecule has 4 aliphatic heterocycles. The van der Waals surface area contributed by atoms with Crippen LogP contribution in [-0.4, -0.2) is 94.6 Å². The number of phenolic OH excluding ortho intramolecular Hbond substituents is 1. The molecule has 4 aliphatic rings. The van der Waals surface area contributed by atoms with E-state index < -0.39 is 53.6 Å². The molecule has 3 aromatic rings. The molecule has 52 heavy (non-hydrogen) atoms. The molecule has 0 aliphatic carbocycles. The van der Waals surface area contributed by atoms with Crippen molar-refractivity contribution in [1.29, 1.82) is 0 Å². The molecule has 1 fully saturated rings. The average Bonchev–Trinajstić information content (AvgIpc) is 3.59. The van der Waals surface area contributed by atoms with Crippen molar-refractivity contribution in [3.8, 4) is 28.7 Å². The summed E-state index contributed by atoms with van der Waals surface area (Å²) < 4.78 is 29.4. The number of hydrogen-bond acceptors (Lipinski definition) is 14. The highest BCUT2D eigenvalue weighted by Crippen LogP contribution is 2.63. The third-order valence-corrected chi connectivity index (χ3v) is 11.8. The van der Waals surface area contributed by atoms with E-state index in [2.05, 4.69) is 15.2 Å². The summed E-state index contributed by atoms with van der Waals surface area (Å²) >= 11 is 7.68. The van der Waals surface area contributed by atoms with Crippen molar-refractivity contribution < 1.29 is 48.3 Å². The summed E-state index contributed by atoms with van der Waals surface area (Å²) in [6, 6.07) is 2.49. The monoisotopic (exact) mass is 754 g/mol. The summed E-state index contributed by atoms with van der Waals surface area (Å²) in [5.41, 5.74) is 4.01. The Morgan fingerprint density at radius 1 is 1.15 bits per heavy atom. The van der Waals surface area contributed by atoms with Crippen molar-refractivity contribution in [2.24, 2.45) is 0 Å². The zero-order valence-electron chi connectivity index (χ0n) is 29.4. The van der Waals surface area contributed by atoms with Gasteiger partial charge in [-0.1, -0.05) is 24.6 Å². The van der Waals surface area contributed by atoms with E-state index >= 15 is 0 Å². The van der Waals surface area contributed by atoms with Crippen LogP contribution in [0, 0.1) is 13.8 Å². The number of alkyl carbamates (subject to hydrolysis) is 1. The third kappa shape index (κ3) is 5.69. The number of pyridine rings is 1. The number of benzene rings is 2. The number of thioether (sulfide) groups is 1. The summed E-state index contributed by atoms with van der Waals surface area (Å²) in [6.07, 6.45) is -0.342. The Bertz CT molecular complexity index is 1980. The summed E-state index contributed by atoms with van der Waals surface area (Å²) in [5, 5.41) is 25.9. The lowest BCUT2D eigenvalue weighted by Gasteiger charge is -2.61. The molecule has 0 radical (unpaired) electrons. The number of aromatic hydroxyl groups is 1. The zero-order valence-corrected chi connectivity index (χ0v) is 31.0. The number of carbonyl (C=O) groups excluding carboxylic acids is 3. The van der Waals surface area contributed by atoms with Crippen LogP contribution in [0.15, 0.2) is 24.4 Å². The van der Waals surface area contributed by atoms with Crippen molar-refractivity contribution in [2.45, 2.75) is 69.8 Å². The van der Waals surface area contributed by atoms with Crippen LogP contribution in [-0.2, 0) is 16.0 Å². The standard InChI is InChI=1S/C36H39ClN4O10S/c1-7-52-32-24-23(31-30(49-14-50-31)16(3)29(24)51-17(4)42)21(13-48-36(46)39-34(44)19-9-8-10-38-33(19)37)41-26(32)25-22-18(12-20(35(41)45)40(25)5)11-15(2)28(47-6)27(22)43/h8-11,20-21,25-26,32,35,43,45H,7,12-14H2,1-6H3,(H,39,44,46)/t20-,21-,25+,26+,32+,35-/m0/s1. The molecular formula is C36H39ClN4O10S. The molecule has 0 unspecified atom stereocenters. The number of methoxy groups -OCH3 is 1. The van der Waals surface area contributed by atoms with Crippen LogP contribution in [0.5, 0.6) is 28.7 Å². The number of amides is 2. The fraction of sp³-hybridized carbons (Fsp3) is 0.444. The molecule has 2 amide bonds. The first kappa shape index (κ1) is 36.1. The number of aromatic nitrogens is 1.